The Morgan fingerprint density at radius 3 is 3.00 bits per heavy atom. The summed E-state index contributed by atoms with van der Waals surface area (Å²) in [5.41, 5.74) is 3.76. The van der Waals surface area contributed by atoms with Gasteiger partial charge in [0.1, 0.15) is 0 Å². The molecular weight excluding hydrogens is 222 g/mol. The van der Waals surface area contributed by atoms with E-state index < -0.39 is 0 Å². The molecule has 0 aliphatic heterocycles. The predicted molar refractivity (Wildman–Crippen MR) is 75.0 cm³/mol. The van der Waals surface area contributed by atoms with Crippen LogP contribution in [0.1, 0.15) is 29.7 Å². The molecule has 3 nitrogen and oxygen atoms in total. The average Bonchev–Trinajstić information content (AvgIpc) is 2.84. The molecule has 0 radical (unpaired) electrons. The van der Waals surface area contributed by atoms with Crippen LogP contribution in [0.25, 0.3) is 6.20 Å². The Balaban J connectivity index is 1.95. The molecule has 0 aliphatic carbocycles. The van der Waals surface area contributed by atoms with E-state index in [1.165, 1.54) is 11.1 Å². The van der Waals surface area contributed by atoms with Crippen LogP contribution in [0, 0.1) is 6.92 Å². The number of hydrogen-bond donors (Lipinski definition) is 1. The fourth-order valence-corrected chi connectivity index (χ4v) is 1.90. The first kappa shape index (κ1) is 12.6. The minimum Gasteiger partial charge on any atom is -0.306 e. The number of aryl methyl sites for hydroxylation is 1. The number of nitrogens with zero attached hydrogens (tertiary/aromatic N) is 2. The van der Waals surface area contributed by atoms with Crippen molar-refractivity contribution in [2.24, 2.45) is 0 Å². The largest absolute Gasteiger partial charge is 0.306 e. The van der Waals surface area contributed by atoms with Crippen LogP contribution in [0.4, 0.5) is 0 Å². The van der Waals surface area contributed by atoms with Gasteiger partial charge in [-0.25, -0.2) is 4.68 Å². The van der Waals surface area contributed by atoms with Crippen LogP contribution >= 0.6 is 0 Å². The van der Waals surface area contributed by atoms with Gasteiger partial charge in [0, 0.05) is 30.5 Å². The first-order valence-electron chi connectivity index (χ1n) is 6.14. The minimum atomic E-state index is 0.331. The molecule has 0 aliphatic rings. The molecule has 0 saturated heterocycles. The molecule has 0 fully saturated rings. The zero-order valence-electron chi connectivity index (χ0n) is 10.9. The molecule has 2 rings (SSSR count). The van der Waals surface area contributed by atoms with Gasteiger partial charge in [-0.2, -0.15) is 5.10 Å². The number of nitrogens with one attached hydrogen (secondary N) is 1. The van der Waals surface area contributed by atoms with E-state index >= 15 is 0 Å². The minimum absolute atomic E-state index is 0.331. The van der Waals surface area contributed by atoms with Gasteiger partial charge in [0.2, 0.25) is 0 Å². The zero-order valence-corrected chi connectivity index (χ0v) is 10.9. The van der Waals surface area contributed by atoms with E-state index in [1.54, 1.807) is 10.9 Å². The lowest BCUT2D eigenvalue weighted by Crippen LogP contribution is -2.17. The topological polar surface area (TPSA) is 29.9 Å². The van der Waals surface area contributed by atoms with Crippen LogP contribution < -0.4 is 5.32 Å². The average molecular weight is 241 g/mol. The van der Waals surface area contributed by atoms with Gasteiger partial charge in [0.25, 0.3) is 0 Å². The lowest BCUT2D eigenvalue weighted by atomic mass is 10.1. The number of hydrogen-bond acceptors (Lipinski definition) is 2. The van der Waals surface area contributed by atoms with Gasteiger partial charge in [-0.1, -0.05) is 36.4 Å². The third-order valence-corrected chi connectivity index (χ3v) is 3.00. The molecule has 1 aromatic heterocycles. The maximum Gasteiger partial charge on any atom is 0.0538 e. The second-order valence-corrected chi connectivity index (χ2v) is 4.53. The predicted octanol–water partition coefficient (Wildman–Crippen LogP) is 3.14. The van der Waals surface area contributed by atoms with Crippen molar-refractivity contribution in [2.75, 3.05) is 0 Å². The highest BCUT2D eigenvalue weighted by molar-refractivity contribution is 5.25. The van der Waals surface area contributed by atoms with Crippen LogP contribution in [0.2, 0.25) is 0 Å². The smallest absolute Gasteiger partial charge is 0.0538 e. The highest BCUT2D eigenvalue weighted by atomic mass is 15.2. The third kappa shape index (κ3) is 3.08. The summed E-state index contributed by atoms with van der Waals surface area (Å²) >= 11 is 0. The van der Waals surface area contributed by atoms with Crippen molar-refractivity contribution in [3.63, 3.8) is 0 Å². The van der Waals surface area contributed by atoms with Crippen molar-refractivity contribution in [1.82, 2.24) is 15.1 Å². The molecule has 94 valence electrons. The van der Waals surface area contributed by atoms with E-state index in [1.807, 2.05) is 12.4 Å². The van der Waals surface area contributed by atoms with Gasteiger partial charge in [0.15, 0.2) is 0 Å². The first-order valence-corrected chi connectivity index (χ1v) is 6.14. The quantitative estimate of drug-likeness (QED) is 0.871. The van der Waals surface area contributed by atoms with E-state index in [0.29, 0.717) is 6.04 Å². The molecule has 0 amide bonds. The van der Waals surface area contributed by atoms with Crippen molar-refractivity contribution >= 4 is 6.20 Å². The van der Waals surface area contributed by atoms with E-state index in [4.69, 9.17) is 0 Å². The Kier molecular flexibility index (Phi) is 3.95. The molecular formula is C15H19N3. The van der Waals surface area contributed by atoms with Crippen LogP contribution in [-0.4, -0.2) is 9.78 Å². The van der Waals surface area contributed by atoms with Gasteiger partial charge in [-0.15, -0.1) is 0 Å². The van der Waals surface area contributed by atoms with E-state index in [2.05, 4.69) is 55.1 Å². The number of rotatable bonds is 5. The molecule has 0 bridgehead atoms. The molecule has 2 aromatic rings. The van der Waals surface area contributed by atoms with Gasteiger partial charge >= 0.3 is 0 Å². The van der Waals surface area contributed by atoms with Crippen LogP contribution in [0.15, 0.2) is 43.2 Å². The molecule has 18 heavy (non-hydrogen) atoms. The van der Waals surface area contributed by atoms with Gasteiger partial charge in [0.05, 0.1) is 6.20 Å². The Hall–Kier alpha value is -1.87. The fraction of sp³-hybridized carbons (Fsp3) is 0.267. The second kappa shape index (κ2) is 5.65. The molecule has 0 unspecified atom stereocenters. The van der Waals surface area contributed by atoms with E-state index in [-0.39, 0.29) is 0 Å². The van der Waals surface area contributed by atoms with Crippen molar-refractivity contribution in [3.8, 4) is 0 Å². The third-order valence-electron chi connectivity index (χ3n) is 3.00. The highest BCUT2D eigenvalue weighted by Gasteiger charge is 2.05. The Bertz CT molecular complexity index is 528. The summed E-state index contributed by atoms with van der Waals surface area (Å²) in [5.74, 6) is 0. The van der Waals surface area contributed by atoms with Crippen molar-refractivity contribution in [1.29, 1.82) is 0 Å². The summed E-state index contributed by atoms with van der Waals surface area (Å²) in [7, 11) is 0. The lowest BCUT2D eigenvalue weighted by molar-refractivity contribution is 0.574. The summed E-state index contributed by atoms with van der Waals surface area (Å²) in [6.07, 6.45) is 5.52. The van der Waals surface area contributed by atoms with Crippen molar-refractivity contribution in [2.45, 2.75) is 26.4 Å². The van der Waals surface area contributed by atoms with Crippen LogP contribution in [-0.2, 0) is 6.54 Å². The summed E-state index contributed by atoms with van der Waals surface area (Å²) in [6.45, 7) is 8.77. The van der Waals surface area contributed by atoms with E-state index in [0.717, 1.165) is 12.1 Å². The summed E-state index contributed by atoms with van der Waals surface area (Å²) in [5, 5.41) is 7.65. The van der Waals surface area contributed by atoms with Crippen molar-refractivity contribution < 1.29 is 0 Å². The lowest BCUT2D eigenvalue weighted by Gasteiger charge is -2.14. The zero-order chi connectivity index (χ0) is 13.0. The summed E-state index contributed by atoms with van der Waals surface area (Å²) in [6, 6.07) is 8.91. The standard InChI is InChI=1S/C15H19N3/c1-4-18-11-14(10-17-18)9-16-13(3)15-7-5-6-12(2)8-15/h4-8,10-11,13,16H,1,9H2,2-3H3/t13-/m1/s1. The normalized spacial score (nSPS) is 12.3. The molecule has 0 spiro atoms. The molecule has 1 N–H and O–H groups in total. The molecule has 1 heterocycles. The molecule has 1 aromatic carbocycles. The number of aromatic nitrogens is 2. The first-order chi connectivity index (χ1) is 8.69. The highest BCUT2D eigenvalue weighted by Crippen LogP contribution is 2.14. The Morgan fingerprint density at radius 2 is 2.33 bits per heavy atom. The second-order valence-electron chi connectivity index (χ2n) is 4.53. The van der Waals surface area contributed by atoms with Crippen molar-refractivity contribution in [3.05, 3.63) is 59.9 Å². The monoisotopic (exact) mass is 241 g/mol. The SMILES string of the molecule is C=Cn1cc(CN[C@H](C)c2cccc(C)c2)cn1. The fourth-order valence-electron chi connectivity index (χ4n) is 1.90. The van der Waals surface area contributed by atoms with Crippen LogP contribution in [0.3, 0.4) is 0 Å². The van der Waals surface area contributed by atoms with Gasteiger partial charge in [-0.05, 0) is 19.4 Å². The Labute approximate surface area is 108 Å². The molecule has 0 saturated carbocycles. The number of benzene rings is 1. The summed E-state index contributed by atoms with van der Waals surface area (Å²) < 4.78 is 1.72. The molecule has 1 atom stereocenters. The van der Waals surface area contributed by atoms with Crippen LogP contribution in [0.5, 0.6) is 0 Å². The summed E-state index contributed by atoms with van der Waals surface area (Å²) in [4.78, 5) is 0. The maximum absolute atomic E-state index is 4.16. The Morgan fingerprint density at radius 1 is 1.50 bits per heavy atom. The van der Waals surface area contributed by atoms with Gasteiger partial charge in [-0.3, -0.25) is 0 Å². The molecule has 3 heteroatoms. The van der Waals surface area contributed by atoms with E-state index in [9.17, 15) is 0 Å². The van der Waals surface area contributed by atoms with Gasteiger partial charge < -0.3 is 5.32 Å². The maximum atomic E-state index is 4.16.